The highest BCUT2D eigenvalue weighted by atomic mass is 79.9. The lowest BCUT2D eigenvalue weighted by atomic mass is 10.3. The molecule has 1 unspecified atom stereocenters. The lowest BCUT2D eigenvalue weighted by Gasteiger charge is -2.12. The van der Waals surface area contributed by atoms with Gasteiger partial charge in [0.1, 0.15) is 17.2 Å². The van der Waals surface area contributed by atoms with Gasteiger partial charge in [0.2, 0.25) is 0 Å². The maximum Gasteiger partial charge on any atom is 0.322 e. The Kier molecular flexibility index (Phi) is 5.69. The molecule has 1 aromatic rings. The summed E-state index contributed by atoms with van der Waals surface area (Å²) < 4.78 is 10.1. The molecule has 1 aromatic carbocycles. The van der Waals surface area contributed by atoms with Crippen molar-refractivity contribution in [3.63, 3.8) is 0 Å². The maximum absolute atomic E-state index is 11.1. The number of halogens is 1. The van der Waals surface area contributed by atoms with Crippen LogP contribution in [0.15, 0.2) is 29.2 Å². The van der Waals surface area contributed by atoms with Gasteiger partial charge in [0.15, 0.2) is 0 Å². The zero-order chi connectivity index (χ0) is 12.0. The zero-order valence-corrected chi connectivity index (χ0v) is 11.5. The van der Waals surface area contributed by atoms with Crippen molar-refractivity contribution < 1.29 is 14.3 Å². The number of ether oxygens (including phenoxy) is 2. The minimum atomic E-state index is -0.438. The van der Waals surface area contributed by atoms with Crippen LogP contribution < -0.4 is 4.74 Å². The van der Waals surface area contributed by atoms with E-state index in [2.05, 4.69) is 20.7 Å². The average molecular weight is 305 g/mol. The first-order chi connectivity index (χ1) is 7.69. The highest BCUT2D eigenvalue weighted by molar-refractivity contribution is 9.10. The molecule has 0 spiro atoms. The number of thioether (sulfide) groups is 1. The van der Waals surface area contributed by atoms with Crippen LogP contribution in [0.3, 0.4) is 0 Å². The van der Waals surface area contributed by atoms with Crippen molar-refractivity contribution in [3.8, 4) is 5.75 Å². The SMILES string of the molecule is COC(=O)C(Br)COc1ccccc1SC. The largest absolute Gasteiger partial charge is 0.491 e. The van der Waals surface area contributed by atoms with Gasteiger partial charge >= 0.3 is 5.97 Å². The zero-order valence-electron chi connectivity index (χ0n) is 9.10. The van der Waals surface area contributed by atoms with Gasteiger partial charge in [0.25, 0.3) is 0 Å². The standard InChI is InChI=1S/C11H13BrO3S/c1-14-11(13)8(12)7-15-9-5-3-4-6-10(9)16-2/h3-6,8H,7H2,1-2H3. The third-order valence-electron chi connectivity index (χ3n) is 1.91. The Bertz CT molecular complexity index is 357. The monoisotopic (exact) mass is 304 g/mol. The molecule has 16 heavy (non-hydrogen) atoms. The number of esters is 1. The number of rotatable bonds is 5. The Morgan fingerprint density at radius 2 is 2.19 bits per heavy atom. The molecule has 0 N–H and O–H groups in total. The van der Waals surface area contributed by atoms with Crippen molar-refractivity contribution in [2.75, 3.05) is 20.0 Å². The lowest BCUT2D eigenvalue weighted by Crippen LogP contribution is -2.23. The number of benzene rings is 1. The summed E-state index contributed by atoms with van der Waals surface area (Å²) >= 11 is 4.81. The van der Waals surface area contributed by atoms with E-state index in [0.29, 0.717) is 0 Å². The van der Waals surface area contributed by atoms with Crippen molar-refractivity contribution in [1.29, 1.82) is 0 Å². The molecule has 0 aliphatic heterocycles. The molecule has 3 nitrogen and oxygen atoms in total. The van der Waals surface area contributed by atoms with Gasteiger partial charge in [-0.05, 0) is 18.4 Å². The number of carbonyl (C=O) groups is 1. The summed E-state index contributed by atoms with van der Waals surface area (Å²) in [6.45, 7) is 0.254. The smallest absolute Gasteiger partial charge is 0.322 e. The predicted octanol–water partition coefficient (Wildman–Crippen LogP) is 2.72. The van der Waals surface area contributed by atoms with Crippen LogP contribution in [0.5, 0.6) is 5.75 Å². The molecule has 1 rings (SSSR count). The fourth-order valence-electron chi connectivity index (χ4n) is 1.10. The predicted molar refractivity (Wildman–Crippen MR) is 68.4 cm³/mol. The third-order valence-corrected chi connectivity index (χ3v) is 3.33. The van der Waals surface area contributed by atoms with E-state index in [1.165, 1.54) is 7.11 Å². The quantitative estimate of drug-likeness (QED) is 0.476. The molecule has 0 bridgehead atoms. The first-order valence-corrected chi connectivity index (χ1v) is 6.80. The molecule has 1 atom stereocenters. The Morgan fingerprint density at radius 3 is 2.81 bits per heavy atom. The van der Waals surface area contributed by atoms with Gasteiger partial charge in [-0.3, -0.25) is 4.79 Å². The topological polar surface area (TPSA) is 35.5 Å². The highest BCUT2D eigenvalue weighted by Crippen LogP contribution is 2.27. The Labute approximate surface area is 108 Å². The number of hydrogen-bond donors (Lipinski definition) is 0. The Morgan fingerprint density at radius 1 is 1.50 bits per heavy atom. The second-order valence-electron chi connectivity index (χ2n) is 2.95. The summed E-state index contributed by atoms with van der Waals surface area (Å²) in [5.41, 5.74) is 0. The van der Waals surface area contributed by atoms with Crippen molar-refractivity contribution in [2.45, 2.75) is 9.72 Å². The van der Waals surface area contributed by atoms with Gasteiger partial charge in [0, 0.05) is 4.90 Å². The summed E-state index contributed by atoms with van der Waals surface area (Å²) in [6.07, 6.45) is 1.98. The van der Waals surface area contributed by atoms with Crippen LogP contribution in [0.2, 0.25) is 0 Å². The van der Waals surface area contributed by atoms with Crippen molar-refractivity contribution >= 4 is 33.7 Å². The molecule has 0 saturated heterocycles. The van der Waals surface area contributed by atoms with Crippen molar-refractivity contribution in [2.24, 2.45) is 0 Å². The number of methoxy groups -OCH3 is 1. The van der Waals surface area contributed by atoms with E-state index in [9.17, 15) is 4.79 Å². The molecule has 0 fully saturated rings. The van der Waals surface area contributed by atoms with Crippen LogP contribution in [-0.4, -0.2) is 30.8 Å². The first kappa shape index (κ1) is 13.4. The molecule has 0 aliphatic rings. The van der Waals surface area contributed by atoms with Gasteiger partial charge in [-0.1, -0.05) is 28.1 Å². The number of para-hydroxylation sites is 1. The minimum Gasteiger partial charge on any atom is -0.491 e. The molecule has 0 heterocycles. The fourth-order valence-corrected chi connectivity index (χ4v) is 1.96. The summed E-state index contributed by atoms with van der Waals surface area (Å²) in [7, 11) is 1.35. The van der Waals surface area contributed by atoms with E-state index in [1.54, 1.807) is 11.8 Å². The van der Waals surface area contributed by atoms with Crippen molar-refractivity contribution in [1.82, 2.24) is 0 Å². The lowest BCUT2D eigenvalue weighted by molar-refractivity contribution is -0.140. The van der Waals surface area contributed by atoms with Crippen LogP contribution in [-0.2, 0) is 9.53 Å². The van der Waals surface area contributed by atoms with E-state index in [1.807, 2.05) is 30.5 Å². The second-order valence-corrected chi connectivity index (χ2v) is 4.91. The average Bonchev–Trinajstić information content (AvgIpc) is 2.35. The van der Waals surface area contributed by atoms with Gasteiger partial charge in [0.05, 0.1) is 7.11 Å². The normalized spacial score (nSPS) is 11.9. The van der Waals surface area contributed by atoms with Gasteiger partial charge in [-0.25, -0.2) is 0 Å². The first-order valence-electron chi connectivity index (χ1n) is 4.66. The second kappa shape index (κ2) is 6.81. The summed E-state index contributed by atoms with van der Waals surface area (Å²) in [5.74, 6) is 0.449. The van der Waals surface area contributed by atoms with Crippen LogP contribution in [0.1, 0.15) is 0 Å². The minimum absolute atomic E-state index is 0.254. The molecule has 0 radical (unpaired) electrons. The van der Waals surface area contributed by atoms with E-state index < -0.39 is 4.83 Å². The molecule has 0 saturated carbocycles. The molecular weight excluding hydrogens is 292 g/mol. The number of carbonyl (C=O) groups excluding carboxylic acids is 1. The molecule has 5 heteroatoms. The van der Waals surface area contributed by atoms with E-state index >= 15 is 0 Å². The van der Waals surface area contributed by atoms with Gasteiger partial charge < -0.3 is 9.47 Å². The van der Waals surface area contributed by atoms with E-state index in [4.69, 9.17) is 4.74 Å². The molecule has 88 valence electrons. The van der Waals surface area contributed by atoms with Crippen LogP contribution >= 0.6 is 27.7 Å². The summed E-state index contributed by atoms with van der Waals surface area (Å²) in [4.78, 5) is 11.7. The van der Waals surface area contributed by atoms with Gasteiger partial charge in [-0.15, -0.1) is 11.8 Å². The van der Waals surface area contributed by atoms with Crippen molar-refractivity contribution in [3.05, 3.63) is 24.3 Å². The van der Waals surface area contributed by atoms with E-state index in [-0.39, 0.29) is 12.6 Å². The Balaban J connectivity index is 2.57. The fraction of sp³-hybridized carbons (Fsp3) is 0.364. The Hall–Kier alpha value is -0.680. The summed E-state index contributed by atoms with van der Waals surface area (Å²) in [6, 6.07) is 7.70. The molecule has 0 aromatic heterocycles. The maximum atomic E-state index is 11.1. The van der Waals surface area contributed by atoms with E-state index in [0.717, 1.165) is 10.6 Å². The molecular formula is C11H13BrO3S. The van der Waals surface area contributed by atoms with Crippen LogP contribution in [0.25, 0.3) is 0 Å². The number of alkyl halides is 1. The molecule has 0 aliphatic carbocycles. The van der Waals surface area contributed by atoms with Crippen LogP contribution in [0.4, 0.5) is 0 Å². The molecule has 0 amide bonds. The highest BCUT2D eigenvalue weighted by Gasteiger charge is 2.16. The van der Waals surface area contributed by atoms with Crippen LogP contribution in [0, 0.1) is 0 Å². The van der Waals surface area contributed by atoms with Gasteiger partial charge in [-0.2, -0.15) is 0 Å². The summed E-state index contributed by atoms with van der Waals surface area (Å²) in [5, 5.41) is 0. The third kappa shape index (κ3) is 3.72. The number of hydrogen-bond acceptors (Lipinski definition) is 4.